The molecule has 0 saturated heterocycles. The van der Waals surface area contributed by atoms with Crippen LogP contribution in [0.25, 0.3) is 32.6 Å². The second-order valence-corrected chi connectivity index (χ2v) is 5.09. The Bertz CT molecular complexity index is 980. The van der Waals surface area contributed by atoms with Gasteiger partial charge >= 0.3 is 6.18 Å². The van der Waals surface area contributed by atoms with Gasteiger partial charge in [0.2, 0.25) is 0 Å². The fraction of sp³-hybridized carbons (Fsp3) is 0.0588. The number of benzene rings is 3. The van der Waals surface area contributed by atoms with Crippen LogP contribution in [0.15, 0.2) is 54.6 Å². The van der Waals surface area contributed by atoms with E-state index in [1.807, 2.05) is 36.4 Å². The molecule has 1 N–H and O–H groups in total. The molecule has 0 aliphatic rings. The van der Waals surface area contributed by atoms with Crippen molar-refractivity contribution in [3.63, 3.8) is 0 Å². The Morgan fingerprint density at radius 2 is 1.52 bits per heavy atom. The molecule has 4 aromatic rings. The van der Waals surface area contributed by atoms with Crippen LogP contribution < -0.4 is 0 Å². The molecule has 4 rings (SSSR count). The zero-order chi connectivity index (χ0) is 14.6. The van der Waals surface area contributed by atoms with Gasteiger partial charge in [-0.15, -0.1) is 0 Å². The molecule has 0 amide bonds. The lowest BCUT2D eigenvalue weighted by atomic mass is 10.1. The summed E-state index contributed by atoms with van der Waals surface area (Å²) in [6, 6.07) is 15.6. The Morgan fingerprint density at radius 1 is 0.762 bits per heavy atom. The molecule has 0 radical (unpaired) electrons. The van der Waals surface area contributed by atoms with Crippen LogP contribution in [0.4, 0.5) is 13.2 Å². The maximum absolute atomic E-state index is 12.8. The number of hydrogen-bond acceptors (Lipinski definition) is 0. The number of hydrogen-bond donors (Lipinski definition) is 1. The zero-order valence-electron chi connectivity index (χ0n) is 10.8. The summed E-state index contributed by atoms with van der Waals surface area (Å²) in [6.45, 7) is 0. The van der Waals surface area contributed by atoms with Crippen molar-refractivity contribution in [2.24, 2.45) is 0 Å². The Balaban J connectivity index is 2.12. The second kappa shape index (κ2) is 4.01. The maximum Gasteiger partial charge on any atom is 0.416 e. The number of nitrogens with one attached hydrogen (secondary N) is 1. The lowest BCUT2D eigenvalue weighted by Gasteiger charge is -2.05. The molecular formula is C17H10F3N. The molecule has 4 heteroatoms. The Hall–Kier alpha value is -2.49. The third-order valence-corrected chi connectivity index (χ3v) is 3.83. The van der Waals surface area contributed by atoms with Crippen LogP contribution >= 0.6 is 0 Å². The summed E-state index contributed by atoms with van der Waals surface area (Å²) in [7, 11) is 0. The number of rotatable bonds is 0. The molecule has 0 unspecified atom stereocenters. The first-order valence-corrected chi connectivity index (χ1v) is 6.54. The predicted molar refractivity (Wildman–Crippen MR) is 78.3 cm³/mol. The zero-order valence-corrected chi connectivity index (χ0v) is 10.8. The van der Waals surface area contributed by atoms with Crippen molar-refractivity contribution >= 4 is 32.6 Å². The highest BCUT2D eigenvalue weighted by molar-refractivity contribution is 6.16. The molecule has 0 fully saturated rings. The van der Waals surface area contributed by atoms with E-state index in [4.69, 9.17) is 0 Å². The van der Waals surface area contributed by atoms with Gasteiger partial charge in [-0.3, -0.25) is 0 Å². The van der Waals surface area contributed by atoms with Crippen molar-refractivity contribution in [3.05, 3.63) is 60.2 Å². The van der Waals surface area contributed by atoms with Crippen molar-refractivity contribution in [2.75, 3.05) is 0 Å². The lowest BCUT2D eigenvalue weighted by molar-refractivity contribution is -0.137. The van der Waals surface area contributed by atoms with Crippen LogP contribution in [0.1, 0.15) is 5.56 Å². The second-order valence-electron chi connectivity index (χ2n) is 5.09. The summed E-state index contributed by atoms with van der Waals surface area (Å²) in [4.78, 5) is 3.13. The van der Waals surface area contributed by atoms with Gasteiger partial charge in [0.05, 0.1) is 11.1 Å². The quantitative estimate of drug-likeness (QED) is 0.439. The summed E-state index contributed by atoms with van der Waals surface area (Å²) in [5.74, 6) is 0. The summed E-state index contributed by atoms with van der Waals surface area (Å²) in [5, 5.41) is 3.83. The highest BCUT2D eigenvalue weighted by Gasteiger charge is 2.30. The standard InChI is InChI=1S/C17H10F3N/c18-17(19,20)11-6-8-13-14-7-5-10-3-1-2-4-12(10)16(14)21-15(13)9-11/h1-9,21H. The minimum atomic E-state index is -4.33. The number of aromatic amines is 1. The van der Waals surface area contributed by atoms with Gasteiger partial charge in [-0.1, -0.05) is 42.5 Å². The Labute approximate surface area is 118 Å². The number of H-pyrrole nitrogens is 1. The Kier molecular flexibility index (Phi) is 2.34. The van der Waals surface area contributed by atoms with E-state index in [-0.39, 0.29) is 0 Å². The minimum absolute atomic E-state index is 0.510. The fourth-order valence-electron chi connectivity index (χ4n) is 2.82. The van der Waals surface area contributed by atoms with Gasteiger partial charge in [0, 0.05) is 21.7 Å². The number of fused-ring (bicyclic) bond motifs is 5. The topological polar surface area (TPSA) is 15.8 Å². The van der Waals surface area contributed by atoms with E-state index >= 15 is 0 Å². The van der Waals surface area contributed by atoms with Gasteiger partial charge < -0.3 is 4.98 Å². The molecule has 21 heavy (non-hydrogen) atoms. The monoisotopic (exact) mass is 285 g/mol. The predicted octanol–water partition coefficient (Wildman–Crippen LogP) is 5.49. The van der Waals surface area contributed by atoms with Crippen LogP contribution in [-0.2, 0) is 6.18 Å². The van der Waals surface area contributed by atoms with E-state index < -0.39 is 11.7 Å². The van der Waals surface area contributed by atoms with Gasteiger partial charge in [0.15, 0.2) is 0 Å². The summed E-state index contributed by atoms with van der Waals surface area (Å²) < 4.78 is 38.4. The smallest absolute Gasteiger partial charge is 0.354 e. The molecule has 104 valence electrons. The third kappa shape index (κ3) is 1.79. The molecule has 0 spiro atoms. The average molecular weight is 285 g/mol. The van der Waals surface area contributed by atoms with Crippen molar-refractivity contribution < 1.29 is 13.2 Å². The molecule has 0 saturated carbocycles. The molecule has 0 atom stereocenters. The van der Waals surface area contributed by atoms with E-state index in [2.05, 4.69) is 4.98 Å². The van der Waals surface area contributed by atoms with Gasteiger partial charge in [-0.2, -0.15) is 13.2 Å². The lowest BCUT2D eigenvalue weighted by Crippen LogP contribution is -2.03. The van der Waals surface area contributed by atoms with Crippen molar-refractivity contribution in [1.29, 1.82) is 0 Å². The largest absolute Gasteiger partial charge is 0.416 e. The van der Waals surface area contributed by atoms with Gasteiger partial charge in [0.1, 0.15) is 0 Å². The molecule has 0 aliphatic carbocycles. The van der Waals surface area contributed by atoms with Gasteiger partial charge in [0.25, 0.3) is 0 Å². The minimum Gasteiger partial charge on any atom is -0.354 e. The van der Waals surface area contributed by atoms with Gasteiger partial charge in [-0.25, -0.2) is 0 Å². The molecule has 1 heterocycles. The fourth-order valence-corrected chi connectivity index (χ4v) is 2.82. The molecule has 1 nitrogen and oxygen atoms in total. The highest BCUT2D eigenvalue weighted by Crippen LogP contribution is 2.35. The summed E-state index contributed by atoms with van der Waals surface area (Å²) >= 11 is 0. The van der Waals surface area contributed by atoms with E-state index in [0.717, 1.165) is 33.1 Å². The number of halogens is 3. The van der Waals surface area contributed by atoms with Crippen LogP contribution in [0.5, 0.6) is 0 Å². The molecule has 1 aromatic heterocycles. The molecule has 0 bridgehead atoms. The highest BCUT2D eigenvalue weighted by atomic mass is 19.4. The average Bonchev–Trinajstić information content (AvgIpc) is 2.84. The van der Waals surface area contributed by atoms with E-state index in [1.54, 1.807) is 0 Å². The first-order chi connectivity index (χ1) is 10.0. The van der Waals surface area contributed by atoms with Crippen molar-refractivity contribution in [2.45, 2.75) is 6.18 Å². The molecule has 0 aliphatic heterocycles. The van der Waals surface area contributed by atoms with Crippen LogP contribution in [0, 0.1) is 0 Å². The summed E-state index contributed by atoms with van der Waals surface area (Å²) in [6.07, 6.45) is -4.33. The van der Waals surface area contributed by atoms with E-state index in [0.29, 0.717) is 5.52 Å². The van der Waals surface area contributed by atoms with Crippen LogP contribution in [0.3, 0.4) is 0 Å². The van der Waals surface area contributed by atoms with Gasteiger partial charge in [-0.05, 0) is 17.5 Å². The Morgan fingerprint density at radius 3 is 2.33 bits per heavy atom. The molecular weight excluding hydrogens is 275 g/mol. The van der Waals surface area contributed by atoms with E-state index in [9.17, 15) is 13.2 Å². The third-order valence-electron chi connectivity index (χ3n) is 3.83. The first-order valence-electron chi connectivity index (χ1n) is 6.54. The van der Waals surface area contributed by atoms with Crippen molar-refractivity contribution in [1.82, 2.24) is 4.98 Å². The number of aromatic nitrogens is 1. The van der Waals surface area contributed by atoms with Crippen molar-refractivity contribution in [3.8, 4) is 0 Å². The SMILES string of the molecule is FC(F)(F)c1ccc2c(c1)[nH]c1c3ccccc3ccc21. The molecule has 3 aromatic carbocycles. The van der Waals surface area contributed by atoms with E-state index in [1.165, 1.54) is 12.1 Å². The van der Waals surface area contributed by atoms with Crippen LogP contribution in [-0.4, -0.2) is 4.98 Å². The first kappa shape index (κ1) is 12.3. The normalized spacial score (nSPS) is 12.5. The van der Waals surface area contributed by atoms with Crippen LogP contribution in [0.2, 0.25) is 0 Å². The summed E-state index contributed by atoms with van der Waals surface area (Å²) in [5.41, 5.74) is 0.754. The number of alkyl halides is 3. The maximum atomic E-state index is 12.8.